The van der Waals surface area contributed by atoms with Crippen LogP contribution in [0.2, 0.25) is 0 Å². The monoisotopic (exact) mass is 372 g/mol. The van der Waals surface area contributed by atoms with Gasteiger partial charge in [0.1, 0.15) is 11.9 Å². The minimum atomic E-state index is -0.981. The molecule has 0 heterocycles. The Labute approximate surface area is 155 Å². The fourth-order valence-corrected chi connectivity index (χ4v) is 2.85. The summed E-state index contributed by atoms with van der Waals surface area (Å²) in [6, 6.07) is 14.5. The third kappa shape index (κ3) is 5.90. The molecule has 0 aliphatic rings. The number of hydrogen-bond acceptors (Lipinski definition) is 5. The Bertz CT molecular complexity index is 818. The van der Waals surface area contributed by atoms with Gasteiger partial charge >= 0.3 is 5.97 Å². The molecular formula is C19H17FN2O3S. The molecule has 0 radical (unpaired) electrons. The summed E-state index contributed by atoms with van der Waals surface area (Å²) in [4.78, 5) is 24.8. The molecule has 0 aliphatic carbocycles. The molecule has 0 saturated carbocycles. The van der Waals surface area contributed by atoms with Gasteiger partial charge in [0.05, 0.1) is 17.7 Å². The van der Waals surface area contributed by atoms with Crippen molar-refractivity contribution in [2.45, 2.75) is 24.3 Å². The molecule has 0 bridgehead atoms. The van der Waals surface area contributed by atoms with Crippen molar-refractivity contribution in [3.63, 3.8) is 0 Å². The minimum absolute atomic E-state index is 0.119. The Balaban J connectivity index is 1.78. The molecule has 0 saturated heterocycles. The van der Waals surface area contributed by atoms with Crippen molar-refractivity contribution < 1.29 is 18.7 Å². The van der Waals surface area contributed by atoms with Gasteiger partial charge in [-0.1, -0.05) is 12.1 Å². The summed E-state index contributed by atoms with van der Waals surface area (Å²) in [5, 5.41) is 11.6. The molecule has 0 spiro atoms. The second kappa shape index (κ2) is 9.59. The van der Waals surface area contributed by atoms with E-state index in [0.717, 1.165) is 4.90 Å². The second-order valence-corrected chi connectivity index (χ2v) is 6.50. The second-order valence-electron chi connectivity index (χ2n) is 5.33. The maximum atomic E-state index is 12.8. The average Bonchev–Trinajstić information content (AvgIpc) is 2.63. The first kappa shape index (κ1) is 19.5. The lowest BCUT2D eigenvalue weighted by Crippen LogP contribution is -2.30. The SMILES string of the molecule is C[C@H](OC(=O)CCSc1ccc(F)cc1)C(=O)Nc1ccccc1C#N. The van der Waals surface area contributed by atoms with Crippen molar-refractivity contribution in [2.75, 3.05) is 11.1 Å². The third-order valence-corrected chi connectivity index (χ3v) is 4.39. The molecule has 2 aromatic rings. The smallest absolute Gasteiger partial charge is 0.307 e. The van der Waals surface area contributed by atoms with Gasteiger partial charge in [0.25, 0.3) is 5.91 Å². The van der Waals surface area contributed by atoms with Crippen LogP contribution in [-0.2, 0) is 14.3 Å². The lowest BCUT2D eigenvalue weighted by atomic mass is 10.2. The minimum Gasteiger partial charge on any atom is -0.453 e. The number of nitrogens with one attached hydrogen (secondary N) is 1. The number of carbonyl (C=O) groups excluding carboxylic acids is 2. The van der Waals surface area contributed by atoms with E-state index >= 15 is 0 Å². The van der Waals surface area contributed by atoms with E-state index in [4.69, 9.17) is 10.00 Å². The maximum absolute atomic E-state index is 12.8. The highest BCUT2D eigenvalue weighted by Gasteiger charge is 2.18. The van der Waals surface area contributed by atoms with E-state index in [1.54, 1.807) is 36.4 Å². The number of para-hydroxylation sites is 1. The van der Waals surface area contributed by atoms with Crippen LogP contribution in [0.25, 0.3) is 0 Å². The van der Waals surface area contributed by atoms with E-state index in [1.165, 1.54) is 30.8 Å². The molecule has 0 aliphatic heterocycles. The Morgan fingerprint density at radius 3 is 2.62 bits per heavy atom. The number of nitriles is 1. The van der Waals surface area contributed by atoms with E-state index in [2.05, 4.69) is 5.32 Å². The van der Waals surface area contributed by atoms with E-state index in [0.29, 0.717) is 17.0 Å². The Kier molecular flexibility index (Phi) is 7.18. The summed E-state index contributed by atoms with van der Waals surface area (Å²) in [5.41, 5.74) is 0.699. The summed E-state index contributed by atoms with van der Waals surface area (Å²) < 4.78 is 17.9. The van der Waals surface area contributed by atoms with Crippen molar-refractivity contribution in [3.8, 4) is 6.07 Å². The summed E-state index contributed by atoms with van der Waals surface area (Å²) in [7, 11) is 0. The number of ether oxygens (including phenoxy) is 1. The largest absolute Gasteiger partial charge is 0.453 e. The van der Waals surface area contributed by atoms with Gasteiger partial charge in [0.15, 0.2) is 6.10 Å². The highest BCUT2D eigenvalue weighted by Crippen LogP contribution is 2.19. The van der Waals surface area contributed by atoms with E-state index < -0.39 is 18.0 Å². The van der Waals surface area contributed by atoms with Gasteiger partial charge in [-0.15, -0.1) is 11.8 Å². The van der Waals surface area contributed by atoms with Crippen LogP contribution in [0.1, 0.15) is 18.9 Å². The normalized spacial score (nSPS) is 11.3. The molecule has 5 nitrogen and oxygen atoms in total. The van der Waals surface area contributed by atoms with Gasteiger partial charge in [-0.3, -0.25) is 9.59 Å². The number of amides is 1. The Morgan fingerprint density at radius 2 is 1.92 bits per heavy atom. The maximum Gasteiger partial charge on any atom is 0.307 e. The highest BCUT2D eigenvalue weighted by atomic mass is 32.2. The van der Waals surface area contributed by atoms with Crippen molar-refractivity contribution in [2.24, 2.45) is 0 Å². The predicted molar refractivity (Wildman–Crippen MR) is 97.1 cm³/mol. The quantitative estimate of drug-likeness (QED) is 0.591. The number of nitrogens with zero attached hydrogens (tertiary/aromatic N) is 1. The summed E-state index contributed by atoms with van der Waals surface area (Å²) >= 11 is 1.40. The molecular weight excluding hydrogens is 355 g/mol. The van der Waals surface area contributed by atoms with Crippen molar-refractivity contribution in [1.82, 2.24) is 0 Å². The number of thioether (sulfide) groups is 1. The topological polar surface area (TPSA) is 79.2 Å². The molecule has 7 heteroatoms. The van der Waals surface area contributed by atoms with Crippen molar-refractivity contribution in [1.29, 1.82) is 5.26 Å². The summed E-state index contributed by atoms with van der Waals surface area (Å²) in [6.07, 6.45) is -0.862. The lowest BCUT2D eigenvalue weighted by Gasteiger charge is -2.14. The van der Waals surface area contributed by atoms with Crippen LogP contribution in [0.15, 0.2) is 53.4 Å². The first-order valence-electron chi connectivity index (χ1n) is 7.87. The molecule has 0 aromatic heterocycles. The first-order chi connectivity index (χ1) is 12.5. The number of anilines is 1. The van der Waals surface area contributed by atoms with Gasteiger partial charge in [0, 0.05) is 10.6 Å². The molecule has 0 fully saturated rings. The van der Waals surface area contributed by atoms with Crippen LogP contribution in [0.5, 0.6) is 0 Å². The zero-order chi connectivity index (χ0) is 18.9. The fraction of sp³-hybridized carbons (Fsp3) is 0.211. The third-order valence-electron chi connectivity index (χ3n) is 3.37. The van der Waals surface area contributed by atoms with Gasteiger partial charge in [0.2, 0.25) is 0 Å². The van der Waals surface area contributed by atoms with Gasteiger partial charge in [-0.2, -0.15) is 5.26 Å². The fourth-order valence-electron chi connectivity index (χ4n) is 2.02. The van der Waals surface area contributed by atoms with Crippen LogP contribution < -0.4 is 5.32 Å². The first-order valence-corrected chi connectivity index (χ1v) is 8.86. The summed E-state index contributed by atoms with van der Waals surface area (Å²) in [5.74, 6) is -0.870. The number of halogens is 1. The van der Waals surface area contributed by atoms with E-state index in [1.807, 2.05) is 6.07 Å². The van der Waals surface area contributed by atoms with Crippen molar-refractivity contribution >= 4 is 29.3 Å². The Hall–Kier alpha value is -2.85. The standard InChI is InChI=1S/C19H17FN2O3S/c1-13(19(24)22-17-5-3-2-4-14(17)12-21)25-18(23)10-11-26-16-8-6-15(20)7-9-16/h2-9,13H,10-11H2,1H3,(H,22,24)/t13-/m0/s1. The highest BCUT2D eigenvalue weighted by molar-refractivity contribution is 7.99. The molecule has 2 aromatic carbocycles. The lowest BCUT2D eigenvalue weighted by molar-refractivity contribution is -0.152. The van der Waals surface area contributed by atoms with Crippen molar-refractivity contribution in [3.05, 3.63) is 59.9 Å². The number of carbonyl (C=O) groups is 2. The number of rotatable bonds is 7. The molecule has 2 rings (SSSR count). The van der Waals surface area contributed by atoms with Crippen LogP contribution in [0.3, 0.4) is 0 Å². The van der Waals surface area contributed by atoms with Crippen LogP contribution >= 0.6 is 11.8 Å². The molecule has 1 amide bonds. The molecule has 134 valence electrons. The Morgan fingerprint density at radius 1 is 1.23 bits per heavy atom. The van der Waals surface area contributed by atoms with Gasteiger partial charge < -0.3 is 10.1 Å². The van der Waals surface area contributed by atoms with Crippen LogP contribution in [-0.4, -0.2) is 23.7 Å². The predicted octanol–water partition coefficient (Wildman–Crippen LogP) is 3.75. The van der Waals surface area contributed by atoms with E-state index in [9.17, 15) is 14.0 Å². The molecule has 1 N–H and O–H groups in total. The van der Waals surface area contributed by atoms with Gasteiger partial charge in [-0.05, 0) is 43.3 Å². The number of esters is 1. The number of benzene rings is 2. The van der Waals surface area contributed by atoms with Crippen LogP contribution in [0, 0.1) is 17.1 Å². The molecule has 0 unspecified atom stereocenters. The summed E-state index contributed by atoms with van der Waals surface area (Å²) in [6.45, 7) is 1.47. The average molecular weight is 372 g/mol. The van der Waals surface area contributed by atoms with Crippen LogP contribution in [0.4, 0.5) is 10.1 Å². The zero-order valence-corrected chi connectivity index (χ0v) is 14.9. The van der Waals surface area contributed by atoms with Gasteiger partial charge in [-0.25, -0.2) is 4.39 Å². The van der Waals surface area contributed by atoms with E-state index in [-0.39, 0.29) is 12.2 Å². The number of hydrogen-bond donors (Lipinski definition) is 1. The molecule has 26 heavy (non-hydrogen) atoms. The zero-order valence-electron chi connectivity index (χ0n) is 14.1. The molecule has 1 atom stereocenters.